The summed E-state index contributed by atoms with van der Waals surface area (Å²) in [4.78, 5) is 12.1. The van der Waals surface area contributed by atoms with E-state index in [-0.39, 0.29) is 18.6 Å². The molecule has 1 fully saturated rings. The molecule has 0 saturated carbocycles. The SMILES string of the molecule is Cc1c(Cl)cccc1N(CC(=O)NCC1CCCO1)S(C)(=O)=O. The molecule has 0 radical (unpaired) electrons. The van der Waals surface area contributed by atoms with Gasteiger partial charge >= 0.3 is 0 Å². The second-order valence-electron chi connectivity index (χ2n) is 5.59. The summed E-state index contributed by atoms with van der Waals surface area (Å²) in [6.45, 7) is 2.54. The van der Waals surface area contributed by atoms with Gasteiger partial charge < -0.3 is 10.1 Å². The van der Waals surface area contributed by atoms with Crippen LogP contribution in [0, 0.1) is 6.92 Å². The molecule has 1 atom stereocenters. The fraction of sp³-hybridized carbons (Fsp3) is 0.533. The molecule has 1 aromatic rings. The predicted octanol–water partition coefficient (Wildman–Crippen LogP) is 1.71. The van der Waals surface area contributed by atoms with Crippen molar-refractivity contribution in [2.75, 3.05) is 30.3 Å². The summed E-state index contributed by atoms with van der Waals surface area (Å²) >= 11 is 6.05. The quantitative estimate of drug-likeness (QED) is 0.838. The number of carbonyl (C=O) groups excluding carboxylic acids is 1. The molecule has 0 aliphatic carbocycles. The molecule has 8 heteroatoms. The molecular formula is C15H21ClN2O4S. The minimum Gasteiger partial charge on any atom is -0.376 e. The summed E-state index contributed by atoms with van der Waals surface area (Å²) in [5.74, 6) is -0.370. The summed E-state index contributed by atoms with van der Waals surface area (Å²) in [7, 11) is -3.61. The average molecular weight is 361 g/mol. The molecule has 23 heavy (non-hydrogen) atoms. The third-order valence-corrected chi connectivity index (χ3v) is 5.28. The zero-order valence-corrected chi connectivity index (χ0v) is 14.8. The molecule has 1 aliphatic heterocycles. The number of ether oxygens (including phenoxy) is 1. The minimum absolute atomic E-state index is 0.0125. The van der Waals surface area contributed by atoms with E-state index in [1.54, 1.807) is 25.1 Å². The van der Waals surface area contributed by atoms with Gasteiger partial charge in [0.05, 0.1) is 18.0 Å². The highest BCUT2D eigenvalue weighted by molar-refractivity contribution is 7.92. The van der Waals surface area contributed by atoms with Gasteiger partial charge in [0.1, 0.15) is 6.54 Å². The van der Waals surface area contributed by atoms with Crippen LogP contribution in [0.4, 0.5) is 5.69 Å². The molecule has 2 rings (SSSR count). The Kier molecular flexibility index (Phi) is 5.89. The standard InChI is InChI=1S/C15H21ClN2O4S/c1-11-13(16)6-3-7-14(11)18(23(2,20)21)10-15(19)17-9-12-5-4-8-22-12/h3,6-7,12H,4-5,8-10H2,1-2H3,(H,17,19). The van der Waals surface area contributed by atoms with Crippen LogP contribution < -0.4 is 9.62 Å². The maximum atomic E-state index is 12.1. The van der Waals surface area contributed by atoms with E-state index in [1.165, 1.54) is 0 Å². The van der Waals surface area contributed by atoms with E-state index in [0.29, 0.717) is 29.4 Å². The van der Waals surface area contributed by atoms with Crippen molar-refractivity contribution in [3.8, 4) is 0 Å². The number of hydrogen-bond donors (Lipinski definition) is 1. The van der Waals surface area contributed by atoms with Crippen molar-refractivity contribution < 1.29 is 17.9 Å². The first kappa shape index (κ1) is 18.0. The number of rotatable bonds is 6. The summed E-state index contributed by atoms with van der Waals surface area (Å²) < 4.78 is 30.6. The summed E-state index contributed by atoms with van der Waals surface area (Å²) in [5, 5.41) is 3.18. The molecule has 1 saturated heterocycles. The van der Waals surface area contributed by atoms with E-state index in [2.05, 4.69) is 5.32 Å². The van der Waals surface area contributed by atoms with Crippen molar-refractivity contribution in [2.45, 2.75) is 25.9 Å². The van der Waals surface area contributed by atoms with Crippen LogP contribution >= 0.6 is 11.6 Å². The lowest BCUT2D eigenvalue weighted by Gasteiger charge is -2.24. The van der Waals surface area contributed by atoms with Crippen LogP contribution in [-0.4, -0.2) is 46.4 Å². The fourth-order valence-electron chi connectivity index (χ4n) is 2.47. The first-order valence-electron chi connectivity index (χ1n) is 7.40. The van der Waals surface area contributed by atoms with Gasteiger partial charge in [0.2, 0.25) is 15.9 Å². The van der Waals surface area contributed by atoms with Crippen molar-refractivity contribution >= 4 is 33.2 Å². The molecule has 1 amide bonds. The van der Waals surface area contributed by atoms with Crippen molar-refractivity contribution in [1.82, 2.24) is 5.32 Å². The van der Waals surface area contributed by atoms with Crippen molar-refractivity contribution in [3.05, 3.63) is 28.8 Å². The van der Waals surface area contributed by atoms with Gasteiger partial charge in [-0.25, -0.2) is 8.42 Å². The van der Waals surface area contributed by atoms with Crippen LogP contribution in [0.5, 0.6) is 0 Å². The second-order valence-corrected chi connectivity index (χ2v) is 7.91. The summed E-state index contributed by atoms with van der Waals surface area (Å²) in [6.07, 6.45) is 2.97. The molecule has 1 aliphatic rings. The Labute approximate surface area is 141 Å². The highest BCUT2D eigenvalue weighted by atomic mass is 35.5. The molecule has 6 nitrogen and oxygen atoms in total. The van der Waals surface area contributed by atoms with Crippen LogP contribution in [0.3, 0.4) is 0 Å². The Morgan fingerprint density at radius 2 is 2.22 bits per heavy atom. The van der Waals surface area contributed by atoms with Crippen LogP contribution in [0.1, 0.15) is 18.4 Å². The number of anilines is 1. The van der Waals surface area contributed by atoms with Crippen LogP contribution in [0.25, 0.3) is 0 Å². The number of hydrogen-bond acceptors (Lipinski definition) is 4. The molecule has 1 heterocycles. The highest BCUT2D eigenvalue weighted by Gasteiger charge is 2.24. The van der Waals surface area contributed by atoms with Crippen LogP contribution in [0.15, 0.2) is 18.2 Å². The normalized spacial score (nSPS) is 18.0. The van der Waals surface area contributed by atoms with Crippen molar-refractivity contribution in [3.63, 3.8) is 0 Å². The number of nitrogens with one attached hydrogen (secondary N) is 1. The predicted molar refractivity (Wildman–Crippen MR) is 90.4 cm³/mol. The minimum atomic E-state index is -3.61. The summed E-state index contributed by atoms with van der Waals surface area (Å²) in [5.41, 5.74) is 1.03. The highest BCUT2D eigenvalue weighted by Crippen LogP contribution is 2.27. The van der Waals surface area contributed by atoms with E-state index in [0.717, 1.165) is 23.4 Å². The number of benzene rings is 1. The first-order chi connectivity index (χ1) is 10.8. The number of amides is 1. The van der Waals surface area contributed by atoms with Gasteiger partial charge in [0.25, 0.3) is 0 Å². The van der Waals surface area contributed by atoms with E-state index in [9.17, 15) is 13.2 Å². The maximum Gasteiger partial charge on any atom is 0.240 e. The van der Waals surface area contributed by atoms with Crippen LogP contribution in [0.2, 0.25) is 5.02 Å². The van der Waals surface area contributed by atoms with Gasteiger partial charge in [-0.2, -0.15) is 0 Å². The molecule has 1 unspecified atom stereocenters. The molecule has 0 spiro atoms. The Morgan fingerprint density at radius 3 is 2.83 bits per heavy atom. The van der Waals surface area contributed by atoms with Gasteiger partial charge in [0.15, 0.2) is 0 Å². The van der Waals surface area contributed by atoms with Crippen LogP contribution in [-0.2, 0) is 19.6 Å². The van der Waals surface area contributed by atoms with Gasteiger partial charge in [-0.15, -0.1) is 0 Å². The Bertz CT molecular complexity index is 672. The molecule has 1 N–H and O–H groups in total. The number of sulfonamides is 1. The largest absolute Gasteiger partial charge is 0.376 e. The first-order valence-corrected chi connectivity index (χ1v) is 9.63. The second kappa shape index (κ2) is 7.51. The third-order valence-electron chi connectivity index (χ3n) is 3.75. The van der Waals surface area contributed by atoms with Gasteiger partial charge in [-0.05, 0) is 37.5 Å². The van der Waals surface area contributed by atoms with Crippen molar-refractivity contribution in [2.24, 2.45) is 0 Å². The van der Waals surface area contributed by atoms with E-state index >= 15 is 0 Å². The Hall–Kier alpha value is -1.31. The van der Waals surface area contributed by atoms with E-state index < -0.39 is 10.0 Å². The van der Waals surface area contributed by atoms with E-state index in [4.69, 9.17) is 16.3 Å². The molecule has 0 bridgehead atoms. The molecule has 1 aromatic carbocycles. The molecular weight excluding hydrogens is 340 g/mol. The Morgan fingerprint density at radius 1 is 1.48 bits per heavy atom. The van der Waals surface area contributed by atoms with Crippen molar-refractivity contribution in [1.29, 1.82) is 0 Å². The lowest BCUT2D eigenvalue weighted by molar-refractivity contribution is -0.120. The number of carbonyl (C=O) groups is 1. The van der Waals surface area contributed by atoms with Gasteiger partial charge in [0, 0.05) is 18.2 Å². The topological polar surface area (TPSA) is 75.7 Å². The molecule has 0 aromatic heterocycles. The number of nitrogens with zero attached hydrogens (tertiary/aromatic N) is 1. The zero-order valence-electron chi connectivity index (χ0n) is 13.2. The maximum absolute atomic E-state index is 12.1. The smallest absolute Gasteiger partial charge is 0.240 e. The Balaban J connectivity index is 2.10. The average Bonchev–Trinajstić information content (AvgIpc) is 2.98. The third kappa shape index (κ3) is 4.83. The van der Waals surface area contributed by atoms with E-state index in [1.807, 2.05) is 0 Å². The lowest BCUT2D eigenvalue weighted by Crippen LogP contribution is -2.42. The zero-order chi connectivity index (χ0) is 17.0. The van der Waals surface area contributed by atoms with Gasteiger partial charge in [-0.1, -0.05) is 17.7 Å². The monoisotopic (exact) mass is 360 g/mol. The van der Waals surface area contributed by atoms with Gasteiger partial charge in [-0.3, -0.25) is 9.10 Å². The lowest BCUT2D eigenvalue weighted by atomic mass is 10.2. The summed E-state index contributed by atoms with van der Waals surface area (Å²) in [6, 6.07) is 4.97. The fourth-order valence-corrected chi connectivity index (χ4v) is 3.54. The number of halogens is 1. The molecule has 128 valence electrons.